The van der Waals surface area contributed by atoms with Gasteiger partial charge in [-0.25, -0.2) is 8.42 Å². The molecule has 1 aromatic carbocycles. The smallest absolute Gasteiger partial charge is 0.277 e. The van der Waals surface area contributed by atoms with Gasteiger partial charge in [-0.2, -0.15) is 5.10 Å². The van der Waals surface area contributed by atoms with Crippen molar-refractivity contribution in [3.63, 3.8) is 0 Å². The van der Waals surface area contributed by atoms with E-state index >= 15 is 0 Å². The summed E-state index contributed by atoms with van der Waals surface area (Å²) in [5.41, 5.74) is 0.879. The minimum Gasteiger partial charge on any atom is -0.277 e. The molecule has 0 amide bonds. The summed E-state index contributed by atoms with van der Waals surface area (Å²) in [6.45, 7) is 0. The molecule has 0 saturated carbocycles. The first kappa shape index (κ1) is 13.5. The van der Waals surface area contributed by atoms with Crippen LogP contribution in [0.1, 0.15) is 0 Å². The average molecular weight is 324 g/mol. The molecule has 2 heterocycles. The van der Waals surface area contributed by atoms with E-state index in [-0.39, 0.29) is 9.90 Å². The molecule has 0 aliphatic carbocycles. The Bertz CT molecular complexity index is 929. The van der Waals surface area contributed by atoms with Crippen LogP contribution in [-0.4, -0.2) is 23.5 Å². The van der Waals surface area contributed by atoms with E-state index in [1.54, 1.807) is 24.4 Å². The summed E-state index contributed by atoms with van der Waals surface area (Å²) >= 11 is 0.762. The van der Waals surface area contributed by atoms with Crippen molar-refractivity contribution in [3.8, 4) is 0 Å². The van der Waals surface area contributed by atoms with Gasteiger partial charge >= 0.3 is 5.00 Å². The lowest BCUT2D eigenvalue weighted by molar-refractivity contribution is -0.380. The fourth-order valence-corrected chi connectivity index (χ4v) is 3.96. The Morgan fingerprint density at radius 2 is 2.19 bits per heavy atom. The highest BCUT2D eigenvalue weighted by Gasteiger charge is 2.21. The molecule has 3 aromatic rings. The van der Waals surface area contributed by atoms with Gasteiger partial charge in [-0.15, -0.1) is 0 Å². The minimum atomic E-state index is -3.89. The minimum absolute atomic E-state index is 0.143. The van der Waals surface area contributed by atoms with E-state index in [9.17, 15) is 18.5 Å². The molecule has 0 radical (unpaired) electrons. The van der Waals surface area contributed by atoms with Gasteiger partial charge in [-0.3, -0.25) is 19.9 Å². The van der Waals surface area contributed by atoms with Gasteiger partial charge in [0.25, 0.3) is 10.0 Å². The monoisotopic (exact) mass is 324 g/mol. The Morgan fingerprint density at radius 1 is 1.38 bits per heavy atom. The Balaban J connectivity index is 1.99. The highest BCUT2D eigenvalue weighted by Crippen LogP contribution is 2.28. The molecule has 0 saturated heterocycles. The average Bonchev–Trinajstić information content (AvgIpc) is 3.08. The van der Waals surface area contributed by atoms with E-state index in [4.69, 9.17) is 0 Å². The molecule has 21 heavy (non-hydrogen) atoms. The van der Waals surface area contributed by atoms with Gasteiger partial charge in [0.1, 0.15) is 4.90 Å². The summed E-state index contributed by atoms with van der Waals surface area (Å²) in [5, 5.41) is 18.9. The molecule has 0 aliphatic heterocycles. The summed E-state index contributed by atoms with van der Waals surface area (Å²) in [4.78, 5) is 9.86. The number of aromatic nitrogens is 2. The number of hydrogen-bond acceptors (Lipinski definition) is 6. The quantitative estimate of drug-likeness (QED) is 0.564. The second-order valence-electron chi connectivity index (χ2n) is 4.12. The molecule has 0 unspecified atom stereocenters. The van der Waals surface area contributed by atoms with Crippen LogP contribution in [0, 0.1) is 10.1 Å². The number of fused-ring (bicyclic) bond motifs is 1. The fraction of sp³-hybridized carbons (Fsp3) is 0. The van der Waals surface area contributed by atoms with Gasteiger partial charge in [0.2, 0.25) is 0 Å². The molecule has 2 N–H and O–H groups in total. The maximum Gasteiger partial charge on any atom is 0.325 e. The van der Waals surface area contributed by atoms with Crippen LogP contribution in [0.4, 0.5) is 10.7 Å². The Morgan fingerprint density at radius 3 is 2.90 bits per heavy atom. The molecule has 108 valence electrons. The molecular formula is C11H8N4O4S2. The molecule has 0 fully saturated rings. The molecular weight excluding hydrogens is 316 g/mol. The predicted molar refractivity (Wildman–Crippen MR) is 77.9 cm³/mol. The SMILES string of the molecule is O=[N+]([O-])c1cc(S(=O)(=O)Nc2cccc3cn[nH]c23)cs1. The number of H-pyrrole nitrogens is 1. The number of hydrogen-bond donors (Lipinski definition) is 2. The van der Waals surface area contributed by atoms with Crippen molar-refractivity contribution < 1.29 is 13.3 Å². The van der Waals surface area contributed by atoms with Crippen LogP contribution in [0.2, 0.25) is 0 Å². The lowest BCUT2D eigenvalue weighted by atomic mass is 10.2. The Kier molecular flexibility index (Phi) is 3.11. The van der Waals surface area contributed by atoms with Crippen molar-refractivity contribution in [2.24, 2.45) is 0 Å². The third kappa shape index (κ3) is 2.45. The van der Waals surface area contributed by atoms with Crippen molar-refractivity contribution in [1.82, 2.24) is 10.2 Å². The highest BCUT2D eigenvalue weighted by molar-refractivity contribution is 7.92. The number of rotatable bonds is 4. The second kappa shape index (κ2) is 4.82. The molecule has 0 spiro atoms. The van der Waals surface area contributed by atoms with Crippen LogP contribution in [0.3, 0.4) is 0 Å². The standard InChI is InChI=1S/C11H8N4O4S2/c16-15(17)10-4-8(6-20-10)21(18,19)14-9-3-1-2-7-5-12-13-11(7)9/h1-6,14H,(H,12,13). The number of thiophene rings is 1. The van der Waals surface area contributed by atoms with Gasteiger partial charge in [-0.05, 0) is 6.07 Å². The predicted octanol–water partition coefficient (Wildman–Crippen LogP) is 2.33. The third-order valence-corrected chi connectivity index (χ3v) is 5.15. The first-order chi connectivity index (χ1) is 9.97. The number of sulfonamides is 1. The van der Waals surface area contributed by atoms with Crippen molar-refractivity contribution >= 4 is 43.0 Å². The van der Waals surface area contributed by atoms with Crippen molar-refractivity contribution in [1.29, 1.82) is 0 Å². The number of benzene rings is 1. The Hall–Kier alpha value is -2.46. The van der Waals surface area contributed by atoms with Crippen LogP contribution >= 0.6 is 11.3 Å². The summed E-state index contributed by atoms with van der Waals surface area (Å²) < 4.78 is 26.9. The van der Waals surface area contributed by atoms with E-state index in [1.807, 2.05) is 0 Å². The van der Waals surface area contributed by atoms with E-state index in [0.717, 1.165) is 22.8 Å². The molecule has 2 aromatic heterocycles. The molecule has 0 aliphatic rings. The third-order valence-electron chi connectivity index (χ3n) is 2.77. The lowest BCUT2D eigenvalue weighted by Crippen LogP contribution is -2.12. The summed E-state index contributed by atoms with van der Waals surface area (Å²) in [7, 11) is -3.89. The van der Waals surface area contributed by atoms with Crippen molar-refractivity contribution in [2.75, 3.05) is 4.72 Å². The number of aromatic amines is 1. The first-order valence-corrected chi connectivity index (χ1v) is 8.01. The Labute approximate surface area is 122 Å². The lowest BCUT2D eigenvalue weighted by Gasteiger charge is -2.06. The zero-order valence-electron chi connectivity index (χ0n) is 10.3. The highest BCUT2D eigenvalue weighted by atomic mass is 32.2. The zero-order valence-corrected chi connectivity index (χ0v) is 11.9. The van der Waals surface area contributed by atoms with Crippen LogP contribution in [0.5, 0.6) is 0 Å². The number of nitro groups is 1. The van der Waals surface area contributed by atoms with E-state index in [0.29, 0.717) is 11.2 Å². The number of para-hydroxylation sites is 1. The molecule has 0 bridgehead atoms. The van der Waals surface area contributed by atoms with Crippen molar-refractivity contribution in [2.45, 2.75) is 4.90 Å². The number of nitrogens with one attached hydrogen (secondary N) is 2. The molecule has 8 nitrogen and oxygen atoms in total. The van der Waals surface area contributed by atoms with Crippen LogP contribution in [0.25, 0.3) is 10.9 Å². The second-order valence-corrected chi connectivity index (χ2v) is 6.70. The summed E-state index contributed by atoms with van der Waals surface area (Å²) in [5.74, 6) is 0. The van der Waals surface area contributed by atoms with Crippen molar-refractivity contribution in [3.05, 3.63) is 46.0 Å². The normalized spacial score (nSPS) is 11.6. The van der Waals surface area contributed by atoms with Gasteiger partial charge in [0.15, 0.2) is 0 Å². The largest absolute Gasteiger partial charge is 0.325 e. The number of nitrogens with zero attached hydrogens (tertiary/aromatic N) is 2. The van der Waals surface area contributed by atoms with Crippen LogP contribution < -0.4 is 4.72 Å². The fourth-order valence-electron chi connectivity index (χ4n) is 1.80. The first-order valence-electron chi connectivity index (χ1n) is 5.65. The zero-order chi connectivity index (χ0) is 15.0. The van der Waals surface area contributed by atoms with Crippen LogP contribution in [-0.2, 0) is 10.0 Å². The van der Waals surface area contributed by atoms with Gasteiger partial charge in [0, 0.05) is 16.8 Å². The van der Waals surface area contributed by atoms with Gasteiger partial charge in [0.05, 0.1) is 22.3 Å². The molecule has 0 atom stereocenters. The molecule has 10 heteroatoms. The molecule has 3 rings (SSSR count). The number of anilines is 1. The van der Waals surface area contributed by atoms with E-state index in [2.05, 4.69) is 14.9 Å². The maximum atomic E-state index is 12.2. The van der Waals surface area contributed by atoms with E-state index < -0.39 is 14.9 Å². The van der Waals surface area contributed by atoms with E-state index in [1.165, 1.54) is 5.38 Å². The summed E-state index contributed by atoms with van der Waals surface area (Å²) in [6, 6.07) is 6.08. The maximum absolute atomic E-state index is 12.2. The van der Waals surface area contributed by atoms with Gasteiger partial charge in [-0.1, -0.05) is 23.5 Å². The summed E-state index contributed by atoms with van der Waals surface area (Å²) in [6.07, 6.45) is 1.57. The van der Waals surface area contributed by atoms with Gasteiger partial charge < -0.3 is 0 Å². The topological polar surface area (TPSA) is 118 Å². The van der Waals surface area contributed by atoms with Crippen LogP contribution in [0.15, 0.2) is 40.7 Å².